The minimum atomic E-state index is -0.762. The topological polar surface area (TPSA) is 68.2 Å². The van der Waals surface area contributed by atoms with Gasteiger partial charge in [-0.25, -0.2) is 0 Å². The molecule has 0 saturated heterocycles. The second-order valence-electron chi connectivity index (χ2n) is 5.23. The summed E-state index contributed by atoms with van der Waals surface area (Å²) in [5, 5.41) is 19.1. The van der Waals surface area contributed by atoms with Crippen molar-refractivity contribution in [3.8, 4) is 23.0 Å². The Bertz CT molecular complexity index is 597. The third kappa shape index (κ3) is 6.29. The van der Waals surface area contributed by atoms with Crippen molar-refractivity contribution in [1.82, 2.24) is 0 Å². The van der Waals surface area contributed by atoms with E-state index in [2.05, 4.69) is 0 Å². The van der Waals surface area contributed by atoms with Gasteiger partial charge in [-0.3, -0.25) is 0 Å². The molecule has 2 aromatic carbocycles. The molecule has 25 heavy (non-hydrogen) atoms. The fraction of sp³-hybridized carbons (Fsp3) is 0.333. The fourth-order valence-corrected chi connectivity index (χ4v) is 2.07. The minimum Gasteiger partial charge on any atom is -0.487 e. The molecule has 2 aromatic rings. The van der Waals surface area contributed by atoms with E-state index in [9.17, 15) is 10.2 Å². The highest BCUT2D eigenvalue weighted by atomic mass is 35.5. The van der Waals surface area contributed by atoms with Gasteiger partial charge in [0.2, 0.25) is 0 Å². The van der Waals surface area contributed by atoms with Crippen molar-refractivity contribution in [2.45, 2.75) is 12.2 Å². The van der Waals surface area contributed by atoms with Crippen molar-refractivity contribution in [2.24, 2.45) is 0 Å². The molecule has 7 heteroatoms. The van der Waals surface area contributed by atoms with E-state index in [-0.39, 0.29) is 25.0 Å². The molecule has 136 valence electrons. The molecule has 0 fully saturated rings. The maximum atomic E-state index is 9.54. The number of alkyl halides is 2. The summed E-state index contributed by atoms with van der Waals surface area (Å²) in [5.74, 6) is 2.06. The van der Waals surface area contributed by atoms with Crippen LogP contribution in [0.1, 0.15) is 0 Å². The van der Waals surface area contributed by atoms with Gasteiger partial charge in [-0.1, -0.05) is 24.3 Å². The van der Waals surface area contributed by atoms with E-state index in [1.54, 1.807) is 48.5 Å². The Morgan fingerprint density at radius 3 is 1.40 bits per heavy atom. The number of hydrogen-bond donors (Lipinski definition) is 2. The van der Waals surface area contributed by atoms with Crippen molar-refractivity contribution in [1.29, 1.82) is 0 Å². The molecule has 5 nitrogen and oxygen atoms in total. The summed E-state index contributed by atoms with van der Waals surface area (Å²) in [5.41, 5.74) is 0. The average molecular weight is 387 g/mol. The van der Waals surface area contributed by atoms with Gasteiger partial charge in [-0.05, 0) is 24.3 Å². The van der Waals surface area contributed by atoms with Crippen LogP contribution in [0.25, 0.3) is 0 Å². The van der Waals surface area contributed by atoms with Gasteiger partial charge in [0.15, 0.2) is 23.0 Å². The number of hydrogen-bond acceptors (Lipinski definition) is 5. The average Bonchev–Trinajstić information content (AvgIpc) is 2.66. The molecular weight excluding hydrogens is 367 g/mol. The van der Waals surface area contributed by atoms with Crippen LogP contribution in [0.3, 0.4) is 0 Å². The molecule has 0 heterocycles. The van der Waals surface area contributed by atoms with Crippen LogP contribution in [0.5, 0.6) is 23.0 Å². The highest BCUT2D eigenvalue weighted by Crippen LogP contribution is 2.36. The van der Waals surface area contributed by atoms with Gasteiger partial charge in [0.05, 0.1) is 11.8 Å². The van der Waals surface area contributed by atoms with Crippen molar-refractivity contribution in [2.75, 3.05) is 25.0 Å². The van der Waals surface area contributed by atoms with Gasteiger partial charge >= 0.3 is 0 Å². The van der Waals surface area contributed by atoms with Crippen LogP contribution in [0.4, 0.5) is 0 Å². The van der Waals surface area contributed by atoms with E-state index >= 15 is 0 Å². The number of para-hydroxylation sites is 4. The fourth-order valence-electron chi connectivity index (χ4n) is 1.89. The molecule has 2 rings (SSSR count). The second-order valence-corrected chi connectivity index (χ2v) is 5.85. The lowest BCUT2D eigenvalue weighted by Gasteiger charge is -2.16. The van der Waals surface area contributed by atoms with Crippen LogP contribution >= 0.6 is 23.2 Å². The molecule has 0 amide bonds. The Morgan fingerprint density at radius 2 is 1.04 bits per heavy atom. The zero-order valence-corrected chi connectivity index (χ0v) is 15.0. The summed E-state index contributed by atoms with van der Waals surface area (Å²) in [6.07, 6.45) is -1.52. The zero-order valence-electron chi connectivity index (χ0n) is 13.5. The SMILES string of the molecule is OC(CCl)COc1ccccc1Oc1ccccc1OCC(O)CCl. The van der Waals surface area contributed by atoms with Crippen molar-refractivity contribution < 1.29 is 24.4 Å². The Balaban J connectivity index is 2.11. The standard InChI is InChI=1S/C18H20Cl2O5/c19-9-13(21)11-23-15-5-1-3-7-17(15)25-18-8-4-2-6-16(18)24-12-14(22)10-20/h1-8,13-14,21-22H,9-12H2. The predicted octanol–water partition coefficient (Wildman–Crippen LogP) is 3.44. The second kappa shape index (κ2) is 10.4. The summed E-state index contributed by atoms with van der Waals surface area (Å²) in [4.78, 5) is 0. The molecule has 0 aliphatic carbocycles. The van der Waals surface area contributed by atoms with Crippen molar-refractivity contribution in [3.05, 3.63) is 48.5 Å². The van der Waals surface area contributed by atoms with E-state index in [0.717, 1.165) is 0 Å². The van der Waals surface area contributed by atoms with Gasteiger partial charge < -0.3 is 24.4 Å². The molecule has 0 aliphatic rings. The third-order valence-electron chi connectivity index (χ3n) is 3.14. The van der Waals surface area contributed by atoms with E-state index in [4.69, 9.17) is 37.4 Å². The summed E-state index contributed by atoms with van der Waals surface area (Å²) >= 11 is 11.1. The lowest BCUT2D eigenvalue weighted by Crippen LogP contribution is -2.19. The van der Waals surface area contributed by atoms with Crippen LogP contribution in [0.2, 0.25) is 0 Å². The van der Waals surface area contributed by atoms with Gasteiger partial charge in [0.25, 0.3) is 0 Å². The molecule has 0 aromatic heterocycles. The van der Waals surface area contributed by atoms with Gasteiger partial charge in [-0.2, -0.15) is 0 Å². The number of halogens is 2. The Morgan fingerprint density at radius 1 is 0.680 bits per heavy atom. The summed E-state index contributed by atoms with van der Waals surface area (Å²) in [7, 11) is 0. The molecule has 0 radical (unpaired) electrons. The van der Waals surface area contributed by atoms with Crippen LogP contribution in [-0.2, 0) is 0 Å². The smallest absolute Gasteiger partial charge is 0.169 e. The van der Waals surface area contributed by atoms with E-state index in [0.29, 0.717) is 23.0 Å². The van der Waals surface area contributed by atoms with E-state index in [1.165, 1.54) is 0 Å². The van der Waals surface area contributed by atoms with Gasteiger partial charge in [0, 0.05) is 0 Å². The van der Waals surface area contributed by atoms with E-state index < -0.39 is 12.2 Å². The molecule has 2 N–H and O–H groups in total. The molecule has 2 atom stereocenters. The Labute approximate surface area is 156 Å². The lowest BCUT2D eigenvalue weighted by atomic mass is 10.3. The number of rotatable bonds is 10. The third-order valence-corrected chi connectivity index (χ3v) is 3.85. The maximum absolute atomic E-state index is 9.54. The van der Waals surface area contributed by atoms with E-state index in [1.807, 2.05) is 0 Å². The summed E-state index contributed by atoms with van der Waals surface area (Å²) < 4.78 is 17.0. The predicted molar refractivity (Wildman–Crippen MR) is 97.4 cm³/mol. The minimum absolute atomic E-state index is 0.0595. The molecule has 0 aliphatic heterocycles. The largest absolute Gasteiger partial charge is 0.487 e. The molecule has 2 unspecified atom stereocenters. The van der Waals surface area contributed by atoms with Gasteiger partial charge in [-0.15, -0.1) is 23.2 Å². The van der Waals surface area contributed by atoms with Gasteiger partial charge in [0.1, 0.15) is 25.4 Å². The quantitative estimate of drug-likeness (QED) is 0.612. The summed E-state index contributed by atoms with van der Waals surface area (Å²) in [6, 6.07) is 14.2. The molecule has 0 saturated carbocycles. The summed E-state index contributed by atoms with van der Waals surface area (Å²) in [6.45, 7) is 0.119. The Hall–Kier alpha value is -1.66. The molecular formula is C18H20Cl2O5. The van der Waals surface area contributed by atoms with Crippen LogP contribution in [0.15, 0.2) is 48.5 Å². The Kier molecular flexibility index (Phi) is 8.15. The van der Waals surface area contributed by atoms with Crippen LogP contribution in [0, 0.1) is 0 Å². The first-order valence-electron chi connectivity index (χ1n) is 7.73. The number of ether oxygens (including phenoxy) is 3. The normalized spacial score (nSPS) is 13.1. The number of aliphatic hydroxyl groups excluding tert-OH is 2. The molecule has 0 bridgehead atoms. The maximum Gasteiger partial charge on any atom is 0.169 e. The molecule has 0 spiro atoms. The zero-order chi connectivity index (χ0) is 18.1. The monoisotopic (exact) mass is 386 g/mol. The van der Waals surface area contributed by atoms with Crippen LogP contribution in [-0.4, -0.2) is 47.4 Å². The van der Waals surface area contributed by atoms with Crippen molar-refractivity contribution >= 4 is 23.2 Å². The first-order chi connectivity index (χ1) is 12.1. The number of aliphatic hydroxyl groups is 2. The number of benzene rings is 2. The van der Waals surface area contributed by atoms with Crippen LogP contribution < -0.4 is 14.2 Å². The van der Waals surface area contributed by atoms with Crippen molar-refractivity contribution in [3.63, 3.8) is 0 Å². The lowest BCUT2D eigenvalue weighted by molar-refractivity contribution is 0.121. The first kappa shape index (κ1) is 19.7. The highest BCUT2D eigenvalue weighted by molar-refractivity contribution is 6.18. The first-order valence-corrected chi connectivity index (χ1v) is 8.80. The highest BCUT2D eigenvalue weighted by Gasteiger charge is 2.12.